The van der Waals surface area contributed by atoms with E-state index < -0.39 is 0 Å². The molecule has 5 rings (SSSR count). The zero-order valence-corrected chi connectivity index (χ0v) is 18.2. The molecule has 0 saturated carbocycles. The standard InChI is InChI=1S/C24H29N7O/c25-24(26)31-12-4-7-21(31)23-27-22(28-32-23)19-8-10-20(11-9-19)30-15-13-29(14-16-30)17-18-5-2-1-3-6-18/h1-3,5-6,8-11,21H,4,7,12-17H2,(H3,25,26)/t21-/m0/s1. The number of nitrogens with zero attached hydrogens (tertiary/aromatic N) is 5. The molecule has 1 atom stereocenters. The number of rotatable bonds is 5. The van der Waals surface area contributed by atoms with Gasteiger partial charge in [0.15, 0.2) is 5.96 Å². The SMILES string of the molecule is N=C(N)N1CCC[C@H]1c1nc(-c2ccc(N3CCN(Cc4ccccc4)CC3)cc2)no1. The van der Waals surface area contributed by atoms with E-state index in [1.54, 1.807) is 0 Å². The Morgan fingerprint density at radius 3 is 2.47 bits per heavy atom. The number of piperazine rings is 1. The smallest absolute Gasteiger partial charge is 0.249 e. The second-order valence-corrected chi connectivity index (χ2v) is 8.49. The molecule has 2 aliphatic rings. The van der Waals surface area contributed by atoms with Gasteiger partial charge in [-0.2, -0.15) is 4.98 Å². The molecule has 166 valence electrons. The minimum atomic E-state index is -0.0970. The third kappa shape index (κ3) is 4.31. The van der Waals surface area contributed by atoms with Gasteiger partial charge in [-0.1, -0.05) is 35.5 Å². The molecule has 1 aromatic heterocycles. The summed E-state index contributed by atoms with van der Waals surface area (Å²) in [5.41, 5.74) is 9.21. The zero-order chi connectivity index (χ0) is 21.9. The number of nitrogens with two attached hydrogens (primary N) is 1. The summed E-state index contributed by atoms with van der Waals surface area (Å²) in [6, 6.07) is 18.9. The molecular formula is C24H29N7O. The molecule has 32 heavy (non-hydrogen) atoms. The molecule has 0 unspecified atom stereocenters. The first kappa shape index (κ1) is 20.5. The van der Waals surface area contributed by atoms with Gasteiger partial charge in [0.05, 0.1) is 0 Å². The van der Waals surface area contributed by atoms with Crippen molar-refractivity contribution in [3.63, 3.8) is 0 Å². The largest absolute Gasteiger partial charge is 0.370 e. The van der Waals surface area contributed by atoms with E-state index in [1.165, 1.54) is 11.3 Å². The minimum Gasteiger partial charge on any atom is -0.370 e. The Labute approximate surface area is 188 Å². The van der Waals surface area contributed by atoms with Crippen LogP contribution in [0.25, 0.3) is 11.4 Å². The normalized spacial score (nSPS) is 19.4. The van der Waals surface area contributed by atoms with Crippen LogP contribution in [0.2, 0.25) is 0 Å². The van der Waals surface area contributed by atoms with Crippen LogP contribution in [-0.4, -0.2) is 58.6 Å². The molecule has 3 heterocycles. The summed E-state index contributed by atoms with van der Waals surface area (Å²) in [4.78, 5) is 11.3. The van der Waals surface area contributed by atoms with E-state index in [9.17, 15) is 0 Å². The molecule has 2 fully saturated rings. The summed E-state index contributed by atoms with van der Waals surface area (Å²) in [5, 5.41) is 11.9. The first-order valence-electron chi connectivity index (χ1n) is 11.2. The fourth-order valence-corrected chi connectivity index (χ4v) is 4.63. The van der Waals surface area contributed by atoms with Crippen molar-refractivity contribution in [2.24, 2.45) is 5.73 Å². The number of benzene rings is 2. The Morgan fingerprint density at radius 1 is 1.00 bits per heavy atom. The molecule has 0 spiro atoms. The maximum atomic E-state index is 7.74. The van der Waals surface area contributed by atoms with Crippen molar-refractivity contribution in [2.45, 2.75) is 25.4 Å². The van der Waals surface area contributed by atoms with Gasteiger partial charge in [0.25, 0.3) is 0 Å². The summed E-state index contributed by atoms with van der Waals surface area (Å²) in [6.07, 6.45) is 1.84. The highest BCUT2D eigenvalue weighted by Gasteiger charge is 2.31. The monoisotopic (exact) mass is 431 g/mol. The lowest BCUT2D eigenvalue weighted by molar-refractivity contribution is 0.250. The molecule has 0 bridgehead atoms. The van der Waals surface area contributed by atoms with Crippen molar-refractivity contribution in [1.82, 2.24) is 19.9 Å². The predicted molar refractivity (Wildman–Crippen MR) is 124 cm³/mol. The first-order chi connectivity index (χ1) is 15.7. The maximum Gasteiger partial charge on any atom is 0.249 e. The minimum absolute atomic E-state index is 0.0560. The number of nitrogens with one attached hydrogen (secondary N) is 1. The van der Waals surface area contributed by atoms with E-state index in [1.807, 2.05) is 4.90 Å². The van der Waals surface area contributed by atoms with Gasteiger partial charge in [-0.15, -0.1) is 0 Å². The van der Waals surface area contributed by atoms with Crippen LogP contribution in [0.4, 0.5) is 5.69 Å². The fraction of sp³-hybridized carbons (Fsp3) is 0.375. The third-order valence-corrected chi connectivity index (χ3v) is 6.40. The van der Waals surface area contributed by atoms with Crippen molar-refractivity contribution in [1.29, 1.82) is 5.41 Å². The first-order valence-corrected chi connectivity index (χ1v) is 11.2. The van der Waals surface area contributed by atoms with Gasteiger partial charge >= 0.3 is 0 Å². The average Bonchev–Trinajstić information content (AvgIpc) is 3.50. The average molecular weight is 432 g/mol. The predicted octanol–water partition coefficient (Wildman–Crippen LogP) is 3.09. The van der Waals surface area contributed by atoms with E-state index in [2.05, 4.69) is 74.5 Å². The Morgan fingerprint density at radius 2 is 1.75 bits per heavy atom. The highest BCUT2D eigenvalue weighted by atomic mass is 16.5. The van der Waals surface area contributed by atoms with Crippen LogP contribution in [0.1, 0.15) is 30.3 Å². The number of anilines is 1. The van der Waals surface area contributed by atoms with Gasteiger partial charge in [-0.05, 0) is 42.7 Å². The molecule has 8 heteroatoms. The van der Waals surface area contributed by atoms with Gasteiger partial charge in [-0.25, -0.2) is 0 Å². The number of hydrogen-bond donors (Lipinski definition) is 2. The van der Waals surface area contributed by atoms with Crippen LogP contribution in [0.5, 0.6) is 0 Å². The lowest BCUT2D eigenvalue weighted by Gasteiger charge is -2.36. The Balaban J connectivity index is 1.20. The molecule has 8 nitrogen and oxygen atoms in total. The fourth-order valence-electron chi connectivity index (χ4n) is 4.63. The van der Waals surface area contributed by atoms with Crippen molar-refractivity contribution in [3.8, 4) is 11.4 Å². The molecule has 0 radical (unpaired) electrons. The number of likely N-dealkylation sites (tertiary alicyclic amines) is 1. The Bertz CT molecular complexity index is 1040. The van der Waals surface area contributed by atoms with Gasteiger partial charge in [0.1, 0.15) is 6.04 Å². The lowest BCUT2D eigenvalue weighted by Crippen LogP contribution is -2.45. The number of aromatic nitrogens is 2. The highest BCUT2D eigenvalue weighted by Crippen LogP contribution is 2.32. The molecule has 0 amide bonds. The van der Waals surface area contributed by atoms with Crippen LogP contribution in [-0.2, 0) is 6.54 Å². The maximum absolute atomic E-state index is 7.74. The van der Waals surface area contributed by atoms with E-state index in [-0.39, 0.29) is 12.0 Å². The summed E-state index contributed by atoms with van der Waals surface area (Å²) in [5.74, 6) is 1.17. The number of guanidine groups is 1. The number of hydrogen-bond acceptors (Lipinski definition) is 6. The van der Waals surface area contributed by atoms with Crippen LogP contribution >= 0.6 is 0 Å². The van der Waals surface area contributed by atoms with E-state index >= 15 is 0 Å². The van der Waals surface area contributed by atoms with Crippen molar-refractivity contribution in [3.05, 3.63) is 66.1 Å². The quantitative estimate of drug-likeness (QED) is 0.473. The van der Waals surface area contributed by atoms with Crippen LogP contribution in [0.3, 0.4) is 0 Å². The van der Waals surface area contributed by atoms with Crippen LogP contribution in [0.15, 0.2) is 59.1 Å². The van der Waals surface area contributed by atoms with Gasteiger partial charge in [-0.3, -0.25) is 10.3 Å². The van der Waals surface area contributed by atoms with Gasteiger partial charge in [0.2, 0.25) is 11.7 Å². The molecule has 0 aliphatic carbocycles. The van der Waals surface area contributed by atoms with Gasteiger partial charge < -0.3 is 20.1 Å². The van der Waals surface area contributed by atoms with E-state index in [0.717, 1.165) is 57.7 Å². The van der Waals surface area contributed by atoms with Crippen LogP contribution < -0.4 is 10.6 Å². The Kier molecular flexibility index (Phi) is 5.77. The molecule has 2 saturated heterocycles. The molecule has 2 aromatic carbocycles. The molecule has 3 aromatic rings. The summed E-state index contributed by atoms with van der Waals surface area (Å²) in [7, 11) is 0. The third-order valence-electron chi connectivity index (χ3n) is 6.40. The van der Waals surface area contributed by atoms with Crippen molar-refractivity contribution >= 4 is 11.6 Å². The molecule has 3 N–H and O–H groups in total. The topological polar surface area (TPSA) is 98.5 Å². The van der Waals surface area contributed by atoms with Crippen molar-refractivity contribution in [2.75, 3.05) is 37.6 Å². The summed E-state index contributed by atoms with van der Waals surface area (Å²) < 4.78 is 5.52. The molecule has 2 aliphatic heterocycles. The van der Waals surface area contributed by atoms with E-state index in [4.69, 9.17) is 15.7 Å². The highest BCUT2D eigenvalue weighted by molar-refractivity contribution is 5.75. The zero-order valence-electron chi connectivity index (χ0n) is 18.2. The van der Waals surface area contributed by atoms with E-state index in [0.29, 0.717) is 11.7 Å². The second-order valence-electron chi connectivity index (χ2n) is 8.49. The van der Waals surface area contributed by atoms with Gasteiger partial charge in [0, 0.05) is 50.5 Å². The lowest BCUT2D eigenvalue weighted by atomic mass is 10.1. The van der Waals surface area contributed by atoms with Crippen molar-refractivity contribution < 1.29 is 4.52 Å². The van der Waals surface area contributed by atoms with Crippen LogP contribution in [0, 0.1) is 5.41 Å². The Hall–Kier alpha value is -3.39. The summed E-state index contributed by atoms with van der Waals surface area (Å²) >= 11 is 0. The summed E-state index contributed by atoms with van der Waals surface area (Å²) in [6.45, 7) is 5.90. The molecular weight excluding hydrogens is 402 g/mol. The second kappa shape index (κ2) is 9.00.